The first kappa shape index (κ1) is 14.5. The highest BCUT2D eigenvalue weighted by Gasteiger charge is 2.42. The summed E-state index contributed by atoms with van der Waals surface area (Å²) in [5, 5.41) is 3.63. The molecule has 1 rings (SSSR count). The van der Waals surface area contributed by atoms with E-state index in [-0.39, 0.29) is 11.5 Å². The van der Waals surface area contributed by atoms with Crippen LogP contribution in [0.25, 0.3) is 0 Å². The first-order chi connectivity index (χ1) is 8.05. The molecular formula is C14H27NO2. The Labute approximate surface area is 105 Å². The van der Waals surface area contributed by atoms with Crippen LogP contribution in [-0.4, -0.2) is 25.2 Å². The van der Waals surface area contributed by atoms with Crippen molar-refractivity contribution in [2.45, 2.75) is 58.4 Å². The summed E-state index contributed by atoms with van der Waals surface area (Å²) in [6.07, 6.45) is 5.18. The van der Waals surface area contributed by atoms with Crippen LogP contribution in [-0.2, 0) is 9.53 Å². The molecule has 3 nitrogen and oxygen atoms in total. The zero-order chi connectivity index (χ0) is 12.9. The maximum Gasteiger partial charge on any atom is 0.307 e. The number of carbonyl (C=O) groups is 1. The second-order valence-corrected chi connectivity index (χ2v) is 5.49. The predicted molar refractivity (Wildman–Crippen MR) is 69.8 cm³/mol. The minimum atomic E-state index is -0.0884. The van der Waals surface area contributed by atoms with Crippen molar-refractivity contribution in [3.05, 3.63) is 0 Å². The van der Waals surface area contributed by atoms with E-state index in [0.29, 0.717) is 18.3 Å². The number of ether oxygens (including phenoxy) is 1. The minimum Gasteiger partial charge on any atom is -0.469 e. The van der Waals surface area contributed by atoms with Crippen LogP contribution in [0.5, 0.6) is 0 Å². The fourth-order valence-electron chi connectivity index (χ4n) is 3.03. The smallest absolute Gasteiger partial charge is 0.307 e. The van der Waals surface area contributed by atoms with E-state index < -0.39 is 0 Å². The van der Waals surface area contributed by atoms with Gasteiger partial charge in [-0.3, -0.25) is 4.79 Å². The SMILES string of the molecule is CCCNC1(CC(=O)OC)CCCC(C)C1C. The summed E-state index contributed by atoms with van der Waals surface area (Å²) < 4.78 is 4.86. The van der Waals surface area contributed by atoms with E-state index in [9.17, 15) is 4.79 Å². The van der Waals surface area contributed by atoms with Gasteiger partial charge in [0.05, 0.1) is 13.5 Å². The second kappa shape index (κ2) is 6.39. The molecule has 0 aliphatic heterocycles. The van der Waals surface area contributed by atoms with E-state index in [1.807, 2.05) is 0 Å². The van der Waals surface area contributed by atoms with Gasteiger partial charge >= 0.3 is 5.97 Å². The number of nitrogens with one attached hydrogen (secondary N) is 1. The van der Waals surface area contributed by atoms with Gasteiger partial charge in [-0.15, -0.1) is 0 Å². The molecule has 0 heterocycles. The van der Waals surface area contributed by atoms with Crippen molar-refractivity contribution >= 4 is 5.97 Å². The molecule has 100 valence electrons. The normalized spacial score (nSPS) is 33.4. The summed E-state index contributed by atoms with van der Waals surface area (Å²) in [6.45, 7) is 7.71. The average Bonchev–Trinajstić information content (AvgIpc) is 2.33. The first-order valence-electron chi connectivity index (χ1n) is 6.87. The Hall–Kier alpha value is -0.570. The number of rotatable bonds is 5. The van der Waals surface area contributed by atoms with E-state index in [1.165, 1.54) is 20.0 Å². The van der Waals surface area contributed by atoms with Crippen LogP contribution in [0.3, 0.4) is 0 Å². The fourth-order valence-corrected chi connectivity index (χ4v) is 3.03. The van der Waals surface area contributed by atoms with Gasteiger partial charge in [0.25, 0.3) is 0 Å². The molecule has 17 heavy (non-hydrogen) atoms. The number of hydrogen-bond acceptors (Lipinski definition) is 3. The van der Waals surface area contributed by atoms with Crippen molar-refractivity contribution in [2.75, 3.05) is 13.7 Å². The Morgan fingerprint density at radius 3 is 2.76 bits per heavy atom. The van der Waals surface area contributed by atoms with Crippen molar-refractivity contribution < 1.29 is 9.53 Å². The molecule has 1 aliphatic carbocycles. The van der Waals surface area contributed by atoms with Crippen LogP contribution in [0, 0.1) is 11.8 Å². The maximum atomic E-state index is 11.6. The van der Waals surface area contributed by atoms with Crippen LogP contribution < -0.4 is 5.32 Å². The number of carbonyl (C=O) groups excluding carboxylic acids is 1. The fraction of sp³-hybridized carbons (Fsp3) is 0.929. The molecule has 0 aromatic heterocycles. The molecule has 3 atom stereocenters. The highest BCUT2D eigenvalue weighted by molar-refractivity contribution is 5.70. The maximum absolute atomic E-state index is 11.6. The lowest BCUT2D eigenvalue weighted by atomic mass is 9.66. The van der Waals surface area contributed by atoms with Gasteiger partial charge < -0.3 is 10.1 Å². The van der Waals surface area contributed by atoms with Gasteiger partial charge in [-0.25, -0.2) is 0 Å². The van der Waals surface area contributed by atoms with E-state index in [1.54, 1.807) is 0 Å². The summed E-state index contributed by atoms with van der Waals surface area (Å²) in [4.78, 5) is 11.6. The lowest BCUT2D eigenvalue weighted by Crippen LogP contribution is -2.55. The monoisotopic (exact) mass is 241 g/mol. The molecule has 0 aromatic rings. The van der Waals surface area contributed by atoms with Gasteiger partial charge in [0, 0.05) is 5.54 Å². The van der Waals surface area contributed by atoms with Crippen LogP contribution in [0.1, 0.15) is 52.9 Å². The van der Waals surface area contributed by atoms with Crippen LogP contribution in [0.4, 0.5) is 0 Å². The van der Waals surface area contributed by atoms with E-state index >= 15 is 0 Å². The van der Waals surface area contributed by atoms with Gasteiger partial charge in [0.1, 0.15) is 0 Å². The van der Waals surface area contributed by atoms with Crippen LogP contribution >= 0.6 is 0 Å². The molecule has 1 aliphatic rings. The number of methoxy groups -OCH3 is 1. The average molecular weight is 241 g/mol. The van der Waals surface area contributed by atoms with E-state index in [4.69, 9.17) is 4.74 Å². The van der Waals surface area contributed by atoms with Crippen LogP contribution in [0.2, 0.25) is 0 Å². The third kappa shape index (κ3) is 3.44. The Balaban J connectivity index is 2.79. The quantitative estimate of drug-likeness (QED) is 0.752. The number of esters is 1. The lowest BCUT2D eigenvalue weighted by Gasteiger charge is -2.46. The summed E-state index contributed by atoms with van der Waals surface area (Å²) in [6, 6.07) is 0. The van der Waals surface area contributed by atoms with Crippen molar-refractivity contribution in [3.63, 3.8) is 0 Å². The largest absolute Gasteiger partial charge is 0.469 e. The highest BCUT2D eigenvalue weighted by atomic mass is 16.5. The first-order valence-corrected chi connectivity index (χ1v) is 6.87. The van der Waals surface area contributed by atoms with Gasteiger partial charge in [-0.05, 0) is 31.2 Å². The molecule has 1 fully saturated rings. The van der Waals surface area contributed by atoms with Crippen molar-refractivity contribution in [2.24, 2.45) is 11.8 Å². The van der Waals surface area contributed by atoms with Crippen molar-refractivity contribution in [1.82, 2.24) is 5.32 Å². The standard InChI is InChI=1S/C14H27NO2/c1-5-9-15-14(10-13(16)17-4)8-6-7-11(2)12(14)3/h11-12,15H,5-10H2,1-4H3. The molecular weight excluding hydrogens is 214 g/mol. The van der Waals surface area contributed by atoms with Gasteiger partial charge in [-0.1, -0.05) is 33.6 Å². The molecule has 0 radical (unpaired) electrons. The summed E-state index contributed by atoms with van der Waals surface area (Å²) in [7, 11) is 1.48. The Bertz CT molecular complexity index is 255. The van der Waals surface area contributed by atoms with E-state index in [2.05, 4.69) is 26.1 Å². The third-order valence-electron chi connectivity index (χ3n) is 4.42. The molecule has 0 saturated heterocycles. The summed E-state index contributed by atoms with van der Waals surface area (Å²) in [5.74, 6) is 1.12. The minimum absolute atomic E-state index is 0.0409. The number of hydrogen-bond donors (Lipinski definition) is 1. The summed E-state index contributed by atoms with van der Waals surface area (Å²) >= 11 is 0. The molecule has 3 heteroatoms. The molecule has 0 spiro atoms. The Kier molecular flexibility index (Phi) is 5.44. The summed E-state index contributed by atoms with van der Waals surface area (Å²) in [5.41, 5.74) is -0.0409. The van der Waals surface area contributed by atoms with Gasteiger partial charge in [-0.2, -0.15) is 0 Å². The molecule has 0 amide bonds. The Morgan fingerprint density at radius 1 is 1.47 bits per heavy atom. The van der Waals surface area contributed by atoms with Gasteiger partial charge in [0.2, 0.25) is 0 Å². The lowest BCUT2D eigenvalue weighted by molar-refractivity contribution is -0.143. The van der Waals surface area contributed by atoms with E-state index in [0.717, 1.165) is 19.4 Å². The zero-order valence-corrected chi connectivity index (χ0v) is 11.7. The zero-order valence-electron chi connectivity index (χ0n) is 11.7. The van der Waals surface area contributed by atoms with Crippen molar-refractivity contribution in [1.29, 1.82) is 0 Å². The topological polar surface area (TPSA) is 38.3 Å². The molecule has 1 N–H and O–H groups in total. The molecule has 1 saturated carbocycles. The Morgan fingerprint density at radius 2 is 2.18 bits per heavy atom. The van der Waals surface area contributed by atoms with Crippen molar-refractivity contribution in [3.8, 4) is 0 Å². The third-order valence-corrected chi connectivity index (χ3v) is 4.42. The molecule has 0 bridgehead atoms. The van der Waals surface area contributed by atoms with Gasteiger partial charge in [0.15, 0.2) is 0 Å². The second-order valence-electron chi connectivity index (χ2n) is 5.49. The molecule has 3 unspecified atom stereocenters. The highest BCUT2D eigenvalue weighted by Crippen LogP contribution is 2.40. The molecule has 0 aromatic carbocycles. The predicted octanol–water partition coefficient (Wildman–Crippen LogP) is 2.74. The van der Waals surface area contributed by atoms with Crippen LogP contribution in [0.15, 0.2) is 0 Å².